The maximum atomic E-state index is 12.4. The van der Waals surface area contributed by atoms with Crippen molar-refractivity contribution < 1.29 is 19.0 Å². The SMILES string of the molecule is CCc1ccc(O[C@H](C)C(=O)Nc2ccc(OCCOc3ccccc3)cc2)cc1. The van der Waals surface area contributed by atoms with Crippen LogP contribution in [-0.4, -0.2) is 25.2 Å². The molecule has 156 valence electrons. The van der Waals surface area contributed by atoms with Gasteiger partial charge in [0.25, 0.3) is 5.91 Å². The van der Waals surface area contributed by atoms with E-state index in [0.29, 0.717) is 30.4 Å². The van der Waals surface area contributed by atoms with Gasteiger partial charge in [0.1, 0.15) is 30.5 Å². The molecule has 0 radical (unpaired) electrons. The first kappa shape index (κ1) is 21.2. The van der Waals surface area contributed by atoms with Gasteiger partial charge in [-0.25, -0.2) is 0 Å². The fourth-order valence-electron chi connectivity index (χ4n) is 2.78. The van der Waals surface area contributed by atoms with E-state index in [0.717, 1.165) is 12.2 Å². The van der Waals surface area contributed by atoms with Crippen molar-refractivity contribution >= 4 is 11.6 Å². The lowest BCUT2D eigenvalue weighted by atomic mass is 10.2. The molecule has 0 bridgehead atoms. The lowest BCUT2D eigenvalue weighted by Gasteiger charge is -2.15. The number of carbonyl (C=O) groups is 1. The largest absolute Gasteiger partial charge is 0.490 e. The average Bonchev–Trinajstić information content (AvgIpc) is 2.79. The highest BCUT2D eigenvalue weighted by atomic mass is 16.5. The Balaban J connectivity index is 1.41. The van der Waals surface area contributed by atoms with Crippen LogP contribution in [0.5, 0.6) is 17.2 Å². The van der Waals surface area contributed by atoms with E-state index in [1.165, 1.54) is 5.56 Å². The van der Waals surface area contributed by atoms with Gasteiger partial charge in [-0.15, -0.1) is 0 Å². The van der Waals surface area contributed by atoms with E-state index in [1.54, 1.807) is 19.1 Å². The molecule has 0 spiro atoms. The Morgan fingerprint density at radius 3 is 1.97 bits per heavy atom. The minimum Gasteiger partial charge on any atom is -0.490 e. The van der Waals surface area contributed by atoms with Gasteiger partial charge in [-0.2, -0.15) is 0 Å². The fraction of sp³-hybridized carbons (Fsp3) is 0.240. The number of hydrogen-bond acceptors (Lipinski definition) is 4. The molecule has 1 N–H and O–H groups in total. The standard InChI is InChI=1S/C25H27NO4/c1-3-20-9-13-24(14-10-20)30-19(2)25(27)26-21-11-15-23(16-12-21)29-18-17-28-22-7-5-4-6-8-22/h4-16,19H,3,17-18H2,1-2H3,(H,26,27)/t19-/m1/s1. The Labute approximate surface area is 177 Å². The number of ether oxygens (including phenoxy) is 3. The highest BCUT2D eigenvalue weighted by Gasteiger charge is 2.15. The number of aryl methyl sites for hydroxylation is 1. The normalized spacial score (nSPS) is 11.4. The van der Waals surface area contributed by atoms with Crippen molar-refractivity contribution in [1.82, 2.24) is 0 Å². The molecule has 1 atom stereocenters. The predicted molar refractivity (Wildman–Crippen MR) is 118 cm³/mol. The van der Waals surface area contributed by atoms with Gasteiger partial charge in [0.05, 0.1) is 0 Å². The van der Waals surface area contributed by atoms with Crippen LogP contribution >= 0.6 is 0 Å². The zero-order valence-corrected chi connectivity index (χ0v) is 17.3. The van der Waals surface area contributed by atoms with Crippen LogP contribution in [0.25, 0.3) is 0 Å². The summed E-state index contributed by atoms with van der Waals surface area (Å²) in [6.45, 7) is 4.72. The number of hydrogen-bond donors (Lipinski definition) is 1. The fourth-order valence-corrected chi connectivity index (χ4v) is 2.78. The monoisotopic (exact) mass is 405 g/mol. The maximum Gasteiger partial charge on any atom is 0.265 e. The van der Waals surface area contributed by atoms with Crippen LogP contribution < -0.4 is 19.5 Å². The Bertz CT molecular complexity index is 908. The van der Waals surface area contributed by atoms with E-state index >= 15 is 0 Å². The summed E-state index contributed by atoms with van der Waals surface area (Å²) in [6, 6.07) is 24.6. The first-order valence-corrected chi connectivity index (χ1v) is 10.1. The van der Waals surface area contributed by atoms with Crippen LogP contribution in [0.4, 0.5) is 5.69 Å². The van der Waals surface area contributed by atoms with E-state index in [-0.39, 0.29) is 5.91 Å². The highest BCUT2D eigenvalue weighted by Crippen LogP contribution is 2.18. The third-order valence-electron chi connectivity index (χ3n) is 4.50. The van der Waals surface area contributed by atoms with Gasteiger partial charge in [0.15, 0.2) is 6.10 Å². The summed E-state index contributed by atoms with van der Waals surface area (Å²) in [5.41, 5.74) is 1.91. The molecule has 30 heavy (non-hydrogen) atoms. The third-order valence-corrected chi connectivity index (χ3v) is 4.50. The second kappa shape index (κ2) is 10.9. The van der Waals surface area contributed by atoms with Gasteiger partial charge >= 0.3 is 0 Å². The van der Waals surface area contributed by atoms with E-state index in [1.807, 2.05) is 66.7 Å². The smallest absolute Gasteiger partial charge is 0.265 e. The Hall–Kier alpha value is -3.47. The topological polar surface area (TPSA) is 56.8 Å². The van der Waals surface area contributed by atoms with Crippen molar-refractivity contribution in [2.24, 2.45) is 0 Å². The number of amides is 1. The van der Waals surface area contributed by atoms with Crippen molar-refractivity contribution in [3.63, 3.8) is 0 Å². The molecule has 0 aliphatic carbocycles. The maximum absolute atomic E-state index is 12.4. The molecule has 1 amide bonds. The lowest BCUT2D eigenvalue weighted by Crippen LogP contribution is -2.30. The summed E-state index contributed by atoms with van der Waals surface area (Å²) in [5, 5.41) is 2.86. The van der Waals surface area contributed by atoms with E-state index < -0.39 is 6.10 Å². The Morgan fingerprint density at radius 2 is 1.37 bits per heavy atom. The van der Waals surface area contributed by atoms with E-state index in [9.17, 15) is 4.79 Å². The number of benzene rings is 3. The number of nitrogens with one attached hydrogen (secondary N) is 1. The lowest BCUT2D eigenvalue weighted by molar-refractivity contribution is -0.122. The number of anilines is 1. The summed E-state index contributed by atoms with van der Waals surface area (Å²) >= 11 is 0. The van der Waals surface area contributed by atoms with Crippen LogP contribution in [0.3, 0.4) is 0 Å². The second-order valence-corrected chi connectivity index (χ2v) is 6.78. The molecule has 0 saturated carbocycles. The summed E-state index contributed by atoms with van der Waals surface area (Å²) < 4.78 is 17.0. The number of para-hydroxylation sites is 1. The molecule has 3 aromatic carbocycles. The van der Waals surface area contributed by atoms with Gasteiger partial charge in [0.2, 0.25) is 0 Å². The van der Waals surface area contributed by atoms with Crippen LogP contribution in [0.1, 0.15) is 19.4 Å². The van der Waals surface area contributed by atoms with Gasteiger partial charge in [-0.3, -0.25) is 4.79 Å². The Kier molecular flexibility index (Phi) is 7.72. The first-order valence-electron chi connectivity index (χ1n) is 10.1. The minimum absolute atomic E-state index is 0.209. The van der Waals surface area contributed by atoms with Gasteiger partial charge < -0.3 is 19.5 Å². The molecule has 0 aliphatic rings. The number of rotatable bonds is 10. The molecule has 0 fully saturated rings. The molecule has 0 heterocycles. The summed E-state index contributed by atoms with van der Waals surface area (Å²) in [6.07, 6.45) is 0.360. The molecular formula is C25H27NO4. The minimum atomic E-state index is -0.608. The van der Waals surface area contributed by atoms with Crippen molar-refractivity contribution in [2.45, 2.75) is 26.4 Å². The van der Waals surface area contributed by atoms with Crippen LogP contribution in [0, 0.1) is 0 Å². The highest BCUT2D eigenvalue weighted by molar-refractivity contribution is 5.94. The molecule has 3 aromatic rings. The van der Waals surface area contributed by atoms with Crippen molar-refractivity contribution in [3.8, 4) is 17.2 Å². The van der Waals surface area contributed by atoms with Crippen LogP contribution in [0.2, 0.25) is 0 Å². The molecule has 0 aromatic heterocycles. The average molecular weight is 405 g/mol. The van der Waals surface area contributed by atoms with Crippen molar-refractivity contribution in [3.05, 3.63) is 84.4 Å². The van der Waals surface area contributed by atoms with Crippen LogP contribution in [-0.2, 0) is 11.2 Å². The quantitative estimate of drug-likeness (QED) is 0.476. The van der Waals surface area contributed by atoms with Gasteiger partial charge in [0, 0.05) is 5.69 Å². The van der Waals surface area contributed by atoms with Crippen molar-refractivity contribution in [1.29, 1.82) is 0 Å². The first-order chi connectivity index (χ1) is 14.6. The molecular weight excluding hydrogens is 378 g/mol. The van der Waals surface area contributed by atoms with Gasteiger partial charge in [-0.05, 0) is 67.4 Å². The summed E-state index contributed by atoms with van der Waals surface area (Å²) in [7, 11) is 0. The molecule has 0 unspecified atom stereocenters. The van der Waals surface area contributed by atoms with E-state index in [2.05, 4.69) is 12.2 Å². The molecule has 5 heteroatoms. The van der Waals surface area contributed by atoms with Gasteiger partial charge in [-0.1, -0.05) is 37.3 Å². The van der Waals surface area contributed by atoms with Crippen molar-refractivity contribution in [2.75, 3.05) is 18.5 Å². The second-order valence-electron chi connectivity index (χ2n) is 6.78. The molecule has 3 rings (SSSR count). The summed E-state index contributed by atoms with van der Waals surface area (Å²) in [5.74, 6) is 2.00. The third kappa shape index (κ3) is 6.55. The van der Waals surface area contributed by atoms with E-state index in [4.69, 9.17) is 14.2 Å². The predicted octanol–water partition coefficient (Wildman–Crippen LogP) is 5.11. The molecule has 5 nitrogen and oxygen atoms in total. The molecule has 0 aliphatic heterocycles. The van der Waals surface area contributed by atoms with Crippen LogP contribution in [0.15, 0.2) is 78.9 Å². The summed E-state index contributed by atoms with van der Waals surface area (Å²) in [4.78, 5) is 12.4. The Morgan fingerprint density at radius 1 is 0.800 bits per heavy atom. The molecule has 0 saturated heterocycles. The number of carbonyl (C=O) groups excluding carboxylic acids is 1. The zero-order valence-electron chi connectivity index (χ0n) is 17.3. The zero-order chi connectivity index (χ0) is 21.2.